The number of halogens is 1. The standard InChI is InChI=1S/C14H14ClN3O2/c1-16-12-3-4-17-14(18-12)9-7-10(15)13-11(8-9)19-5-2-6-20-13/h3-4,7-8H,2,5-6H2,1H3,(H,16,17,18). The number of nitrogens with one attached hydrogen (secondary N) is 1. The van der Waals surface area contributed by atoms with Crippen molar-refractivity contribution in [3.63, 3.8) is 0 Å². The van der Waals surface area contributed by atoms with Crippen molar-refractivity contribution >= 4 is 17.4 Å². The van der Waals surface area contributed by atoms with Crippen LogP contribution in [0.2, 0.25) is 5.02 Å². The Morgan fingerprint density at radius 2 is 2.10 bits per heavy atom. The molecule has 0 saturated carbocycles. The van der Waals surface area contributed by atoms with Gasteiger partial charge in [0.1, 0.15) is 5.82 Å². The van der Waals surface area contributed by atoms with Gasteiger partial charge in [-0.05, 0) is 18.2 Å². The first-order valence-electron chi connectivity index (χ1n) is 6.38. The molecule has 1 aromatic heterocycles. The van der Waals surface area contributed by atoms with Crippen LogP contribution in [0.15, 0.2) is 24.4 Å². The fraction of sp³-hybridized carbons (Fsp3) is 0.286. The molecule has 0 radical (unpaired) electrons. The quantitative estimate of drug-likeness (QED) is 0.922. The minimum absolute atomic E-state index is 0.512. The largest absolute Gasteiger partial charge is 0.489 e. The molecule has 2 heterocycles. The highest BCUT2D eigenvalue weighted by atomic mass is 35.5. The first kappa shape index (κ1) is 13.0. The Morgan fingerprint density at radius 3 is 2.95 bits per heavy atom. The van der Waals surface area contributed by atoms with E-state index in [0.717, 1.165) is 17.8 Å². The molecule has 1 aromatic carbocycles. The van der Waals surface area contributed by atoms with Crippen molar-refractivity contribution in [2.24, 2.45) is 0 Å². The topological polar surface area (TPSA) is 56.3 Å². The van der Waals surface area contributed by atoms with E-state index in [9.17, 15) is 0 Å². The van der Waals surface area contributed by atoms with E-state index in [4.69, 9.17) is 21.1 Å². The molecule has 1 aliphatic rings. The Bertz CT molecular complexity index is 634. The van der Waals surface area contributed by atoms with E-state index >= 15 is 0 Å². The molecule has 5 nitrogen and oxygen atoms in total. The summed E-state index contributed by atoms with van der Waals surface area (Å²) in [4.78, 5) is 8.66. The minimum Gasteiger partial charge on any atom is -0.489 e. The fourth-order valence-corrected chi connectivity index (χ4v) is 2.26. The van der Waals surface area contributed by atoms with Crippen LogP contribution in [0.1, 0.15) is 6.42 Å². The summed E-state index contributed by atoms with van der Waals surface area (Å²) < 4.78 is 11.3. The Kier molecular flexibility index (Phi) is 3.60. The van der Waals surface area contributed by atoms with Crippen molar-refractivity contribution < 1.29 is 9.47 Å². The highest BCUT2D eigenvalue weighted by Crippen LogP contribution is 2.40. The third-order valence-corrected chi connectivity index (χ3v) is 3.25. The highest BCUT2D eigenvalue weighted by molar-refractivity contribution is 6.32. The van der Waals surface area contributed by atoms with Gasteiger partial charge in [0.25, 0.3) is 0 Å². The van der Waals surface area contributed by atoms with E-state index in [1.54, 1.807) is 18.3 Å². The zero-order valence-corrected chi connectivity index (χ0v) is 11.8. The van der Waals surface area contributed by atoms with Crippen molar-refractivity contribution in [3.05, 3.63) is 29.4 Å². The molecule has 1 aliphatic heterocycles. The molecule has 0 fully saturated rings. The second-order valence-electron chi connectivity index (χ2n) is 4.35. The molecule has 0 aliphatic carbocycles. The molecule has 2 aromatic rings. The van der Waals surface area contributed by atoms with Crippen molar-refractivity contribution in [3.8, 4) is 22.9 Å². The number of aromatic nitrogens is 2. The Labute approximate surface area is 121 Å². The molecular formula is C14H14ClN3O2. The summed E-state index contributed by atoms with van der Waals surface area (Å²) in [5, 5.41) is 3.50. The molecule has 6 heteroatoms. The predicted octanol–water partition coefficient (Wildman–Crippen LogP) is 3.00. The second kappa shape index (κ2) is 5.54. The number of fused-ring (bicyclic) bond motifs is 1. The highest BCUT2D eigenvalue weighted by Gasteiger charge is 2.17. The van der Waals surface area contributed by atoms with Gasteiger partial charge in [-0.25, -0.2) is 9.97 Å². The van der Waals surface area contributed by atoms with E-state index in [2.05, 4.69) is 15.3 Å². The van der Waals surface area contributed by atoms with Crippen molar-refractivity contribution in [2.45, 2.75) is 6.42 Å². The Hall–Kier alpha value is -2.01. The molecule has 0 unspecified atom stereocenters. The van der Waals surface area contributed by atoms with Crippen LogP contribution in [0.4, 0.5) is 5.82 Å². The molecular weight excluding hydrogens is 278 g/mol. The lowest BCUT2D eigenvalue weighted by Crippen LogP contribution is -1.97. The van der Waals surface area contributed by atoms with Gasteiger partial charge < -0.3 is 14.8 Å². The number of anilines is 1. The molecule has 0 bridgehead atoms. The first-order valence-corrected chi connectivity index (χ1v) is 6.76. The van der Waals surface area contributed by atoms with E-state index in [1.165, 1.54) is 0 Å². The fourth-order valence-electron chi connectivity index (χ4n) is 2.00. The van der Waals surface area contributed by atoms with Crippen LogP contribution >= 0.6 is 11.6 Å². The first-order chi connectivity index (χ1) is 9.78. The molecule has 0 saturated heterocycles. The van der Waals surface area contributed by atoms with E-state index in [-0.39, 0.29) is 0 Å². The lowest BCUT2D eigenvalue weighted by atomic mass is 10.2. The van der Waals surface area contributed by atoms with Crippen molar-refractivity contribution in [1.82, 2.24) is 9.97 Å². The van der Waals surface area contributed by atoms with Gasteiger partial charge >= 0.3 is 0 Å². The Balaban J connectivity index is 2.06. The van der Waals surface area contributed by atoms with E-state index in [0.29, 0.717) is 35.6 Å². The van der Waals surface area contributed by atoms with Crippen molar-refractivity contribution in [1.29, 1.82) is 0 Å². The number of hydrogen-bond acceptors (Lipinski definition) is 5. The summed E-state index contributed by atoms with van der Waals surface area (Å²) in [7, 11) is 1.81. The van der Waals surface area contributed by atoms with Gasteiger partial charge in [-0.3, -0.25) is 0 Å². The molecule has 104 valence electrons. The lowest BCUT2D eigenvalue weighted by molar-refractivity contribution is 0.297. The average Bonchev–Trinajstić information content (AvgIpc) is 2.73. The van der Waals surface area contributed by atoms with Gasteiger partial charge in [-0.2, -0.15) is 0 Å². The number of benzene rings is 1. The van der Waals surface area contributed by atoms with Crippen LogP contribution in [0.25, 0.3) is 11.4 Å². The molecule has 0 atom stereocenters. The molecule has 0 spiro atoms. The summed E-state index contributed by atoms with van der Waals surface area (Å²) in [6, 6.07) is 5.46. The van der Waals surface area contributed by atoms with Gasteiger partial charge in [0.05, 0.1) is 18.2 Å². The van der Waals surface area contributed by atoms with Crippen LogP contribution in [-0.2, 0) is 0 Å². The van der Waals surface area contributed by atoms with E-state index < -0.39 is 0 Å². The summed E-state index contributed by atoms with van der Waals surface area (Å²) in [5.41, 5.74) is 0.802. The SMILES string of the molecule is CNc1ccnc(-c2cc(Cl)c3c(c2)OCCCO3)n1. The monoisotopic (exact) mass is 291 g/mol. The summed E-state index contributed by atoms with van der Waals surface area (Å²) >= 11 is 6.27. The maximum atomic E-state index is 6.27. The van der Waals surface area contributed by atoms with Crippen LogP contribution in [0.3, 0.4) is 0 Å². The van der Waals surface area contributed by atoms with Gasteiger partial charge in [0, 0.05) is 25.2 Å². The lowest BCUT2D eigenvalue weighted by Gasteiger charge is -2.11. The zero-order valence-electron chi connectivity index (χ0n) is 11.0. The Morgan fingerprint density at radius 1 is 1.25 bits per heavy atom. The maximum absolute atomic E-state index is 6.27. The van der Waals surface area contributed by atoms with Gasteiger partial charge in [0.15, 0.2) is 17.3 Å². The maximum Gasteiger partial charge on any atom is 0.179 e. The average molecular weight is 292 g/mol. The third-order valence-electron chi connectivity index (χ3n) is 2.97. The molecule has 20 heavy (non-hydrogen) atoms. The third kappa shape index (κ3) is 2.49. The van der Waals surface area contributed by atoms with Gasteiger partial charge in [0.2, 0.25) is 0 Å². The van der Waals surface area contributed by atoms with Gasteiger partial charge in [-0.1, -0.05) is 11.6 Å². The smallest absolute Gasteiger partial charge is 0.179 e. The van der Waals surface area contributed by atoms with Crippen LogP contribution < -0.4 is 14.8 Å². The molecule has 0 amide bonds. The summed E-state index contributed by atoms with van der Waals surface area (Å²) in [6.07, 6.45) is 2.54. The molecule has 1 N–H and O–H groups in total. The number of hydrogen-bond donors (Lipinski definition) is 1. The second-order valence-corrected chi connectivity index (χ2v) is 4.76. The van der Waals surface area contributed by atoms with E-state index in [1.807, 2.05) is 13.1 Å². The van der Waals surface area contributed by atoms with Crippen LogP contribution in [0, 0.1) is 0 Å². The van der Waals surface area contributed by atoms with Crippen LogP contribution in [-0.4, -0.2) is 30.2 Å². The zero-order chi connectivity index (χ0) is 13.9. The minimum atomic E-state index is 0.512. The summed E-state index contributed by atoms with van der Waals surface area (Å²) in [6.45, 7) is 1.22. The number of nitrogens with zero attached hydrogens (tertiary/aromatic N) is 2. The molecule has 3 rings (SSSR count). The van der Waals surface area contributed by atoms with Crippen LogP contribution in [0.5, 0.6) is 11.5 Å². The van der Waals surface area contributed by atoms with Gasteiger partial charge in [-0.15, -0.1) is 0 Å². The number of rotatable bonds is 2. The predicted molar refractivity (Wildman–Crippen MR) is 77.6 cm³/mol. The van der Waals surface area contributed by atoms with Crippen molar-refractivity contribution in [2.75, 3.05) is 25.6 Å². The number of ether oxygens (including phenoxy) is 2. The normalized spacial score (nSPS) is 13.7. The summed E-state index contributed by atoms with van der Waals surface area (Å²) in [5.74, 6) is 2.58.